The molecule has 0 aromatic carbocycles. The number of nitrogens with zero attached hydrogens (tertiary/aromatic N) is 2. The van der Waals surface area contributed by atoms with Crippen molar-refractivity contribution in [3.8, 4) is 0 Å². The zero-order valence-corrected chi connectivity index (χ0v) is 18.8. The highest BCUT2D eigenvalue weighted by molar-refractivity contribution is 7.99. The minimum Gasteiger partial charge on any atom is -0.468 e. The number of carbonyl (C=O) groups excluding carboxylic acids is 3. The van der Waals surface area contributed by atoms with E-state index in [2.05, 4.69) is 0 Å². The van der Waals surface area contributed by atoms with Gasteiger partial charge in [-0.25, -0.2) is 0 Å². The molecule has 168 valence electrons. The quantitative estimate of drug-likeness (QED) is 0.646. The topological polar surface area (TPSA) is 80.1 Å². The minimum absolute atomic E-state index is 0.00216. The van der Waals surface area contributed by atoms with E-state index in [-0.39, 0.29) is 30.7 Å². The third kappa shape index (κ3) is 4.40. The van der Waals surface area contributed by atoms with E-state index in [9.17, 15) is 14.4 Å². The van der Waals surface area contributed by atoms with Gasteiger partial charge in [-0.05, 0) is 37.8 Å². The van der Waals surface area contributed by atoms with Gasteiger partial charge in [0.1, 0.15) is 11.2 Å². The molecular weight excluding hydrogens is 416 g/mol. The lowest BCUT2D eigenvalue weighted by atomic mass is 9.69. The molecular formula is C23H30N2O5S. The lowest BCUT2D eigenvalue weighted by Gasteiger charge is -2.46. The summed E-state index contributed by atoms with van der Waals surface area (Å²) in [4.78, 5) is 43.3. The summed E-state index contributed by atoms with van der Waals surface area (Å²) in [5.41, 5.74) is -0.176. The molecule has 3 aliphatic rings. The molecule has 0 N–H and O–H groups in total. The molecule has 1 aromatic heterocycles. The number of hydrogen-bond acceptors (Lipinski definition) is 6. The highest BCUT2D eigenvalue weighted by Crippen LogP contribution is 2.49. The van der Waals surface area contributed by atoms with Crippen LogP contribution in [0, 0.1) is 11.3 Å². The van der Waals surface area contributed by atoms with Gasteiger partial charge in [-0.2, -0.15) is 11.8 Å². The summed E-state index contributed by atoms with van der Waals surface area (Å²) in [5, 5.41) is 0. The number of allylic oxidation sites excluding steroid dienone is 1. The Hall–Kier alpha value is -2.22. The summed E-state index contributed by atoms with van der Waals surface area (Å²) in [6.45, 7) is 1.68. The zero-order valence-electron chi connectivity index (χ0n) is 18.0. The maximum atomic E-state index is 13.6. The number of furan rings is 1. The van der Waals surface area contributed by atoms with E-state index < -0.39 is 11.3 Å². The average Bonchev–Trinajstić information content (AvgIpc) is 3.21. The third-order valence-electron chi connectivity index (χ3n) is 6.64. The highest BCUT2D eigenvalue weighted by Gasteiger charge is 2.54. The fourth-order valence-corrected chi connectivity index (χ4v) is 5.98. The second kappa shape index (κ2) is 9.51. The van der Waals surface area contributed by atoms with E-state index in [1.54, 1.807) is 17.2 Å². The molecule has 2 fully saturated rings. The van der Waals surface area contributed by atoms with Crippen LogP contribution in [0.1, 0.15) is 44.3 Å². The van der Waals surface area contributed by atoms with Gasteiger partial charge in [-0.1, -0.05) is 12.5 Å². The van der Waals surface area contributed by atoms with Crippen LogP contribution in [0.25, 0.3) is 0 Å². The summed E-state index contributed by atoms with van der Waals surface area (Å²) in [7, 11) is 1.40. The number of thioether (sulfide) groups is 1. The number of amides is 2. The molecule has 1 aromatic rings. The number of carbonyl (C=O) groups is 3. The molecule has 31 heavy (non-hydrogen) atoms. The monoisotopic (exact) mass is 446 g/mol. The standard InChI is InChI=1S/C23H30N2O5S/c1-29-22(28)23-8-4-2-3-7-19(23)25(16-18-6-5-11-30-18)21(27)17(15-23)14-20(26)24-9-12-31-13-10-24/h5-7,11,17H,2-4,8-10,12-16H2,1H3/t17-,23+/m1/s1. The SMILES string of the molecule is COC(=O)[C@]12CCCCC=C1N(Cc1ccco1)C(=O)[C@H](CC(=O)N1CCSCC1)C2. The number of hydrogen-bond donors (Lipinski definition) is 0. The van der Waals surface area contributed by atoms with Crippen LogP contribution in [0.2, 0.25) is 0 Å². The first kappa shape index (κ1) is 22.0. The molecule has 2 saturated heterocycles. The van der Waals surface area contributed by atoms with Gasteiger partial charge in [0.15, 0.2) is 0 Å². The van der Waals surface area contributed by atoms with E-state index in [4.69, 9.17) is 9.15 Å². The van der Waals surface area contributed by atoms with Crippen molar-refractivity contribution in [1.82, 2.24) is 9.80 Å². The van der Waals surface area contributed by atoms with E-state index in [0.29, 0.717) is 31.7 Å². The maximum Gasteiger partial charge on any atom is 0.317 e. The van der Waals surface area contributed by atoms with Crippen molar-refractivity contribution in [2.75, 3.05) is 31.7 Å². The van der Waals surface area contributed by atoms with Gasteiger partial charge >= 0.3 is 5.97 Å². The Morgan fingerprint density at radius 2 is 2.10 bits per heavy atom. The molecule has 4 rings (SSSR count). The molecule has 8 heteroatoms. The van der Waals surface area contributed by atoms with Crippen LogP contribution in [-0.4, -0.2) is 59.3 Å². The number of fused-ring (bicyclic) bond motifs is 1. The zero-order chi connectivity index (χ0) is 21.8. The second-order valence-corrected chi connectivity index (χ2v) is 9.74. The number of methoxy groups -OCH3 is 1. The largest absolute Gasteiger partial charge is 0.468 e. The number of ether oxygens (including phenoxy) is 1. The first-order valence-electron chi connectivity index (χ1n) is 11.0. The van der Waals surface area contributed by atoms with Gasteiger partial charge < -0.3 is 19.0 Å². The van der Waals surface area contributed by atoms with Crippen molar-refractivity contribution in [3.05, 3.63) is 35.9 Å². The normalized spacial score (nSPS) is 26.7. The van der Waals surface area contributed by atoms with Crippen LogP contribution in [0.4, 0.5) is 0 Å². The molecule has 0 radical (unpaired) electrons. The van der Waals surface area contributed by atoms with Gasteiger partial charge in [0.05, 0.1) is 19.9 Å². The van der Waals surface area contributed by atoms with Crippen molar-refractivity contribution < 1.29 is 23.5 Å². The molecule has 2 atom stereocenters. The first-order chi connectivity index (χ1) is 15.0. The van der Waals surface area contributed by atoms with Gasteiger partial charge in [-0.3, -0.25) is 14.4 Å². The van der Waals surface area contributed by atoms with Crippen LogP contribution in [0.15, 0.2) is 34.6 Å². The molecule has 0 unspecified atom stereocenters. The molecule has 0 saturated carbocycles. The lowest BCUT2D eigenvalue weighted by molar-refractivity contribution is -0.160. The van der Waals surface area contributed by atoms with E-state index in [1.165, 1.54) is 7.11 Å². The second-order valence-electron chi connectivity index (χ2n) is 8.51. The van der Waals surface area contributed by atoms with E-state index in [1.807, 2.05) is 28.8 Å². The summed E-state index contributed by atoms with van der Waals surface area (Å²) in [6, 6.07) is 3.61. The van der Waals surface area contributed by atoms with Crippen LogP contribution in [0.5, 0.6) is 0 Å². The Morgan fingerprint density at radius 3 is 2.81 bits per heavy atom. The molecule has 3 heterocycles. The third-order valence-corrected chi connectivity index (χ3v) is 7.58. The number of piperidine rings is 1. The van der Waals surface area contributed by atoms with E-state index in [0.717, 1.165) is 36.5 Å². The fourth-order valence-electron chi connectivity index (χ4n) is 5.07. The molecule has 7 nitrogen and oxygen atoms in total. The van der Waals surface area contributed by atoms with Gasteiger partial charge in [0, 0.05) is 42.6 Å². The van der Waals surface area contributed by atoms with Crippen molar-refractivity contribution in [2.24, 2.45) is 11.3 Å². The maximum absolute atomic E-state index is 13.6. The summed E-state index contributed by atoms with van der Waals surface area (Å²) in [5.74, 6) is 1.52. The van der Waals surface area contributed by atoms with E-state index >= 15 is 0 Å². The highest BCUT2D eigenvalue weighted by atomic mass is 32.2. The smallest absolute Gasteiger partial charge is 0.317 e. The van der Waals surface area contributed by atoms with Gasteiger partial charge in [-0.15, -0.1) is 0 Å². The number of esters is 1. The average molecular weight is 447 g/mol. The van der Waals surface area contributed by atoms with Crippen LogP contribution < -0.4 is 0 Å². The van der Waals surface area contributed by atoms with Crippen LogP contribution in [-0.2, 0) is 25.7 Å². The Bertz CT molecular complexity index is 846. The minimum atomic E-state index is -0.894. The van der Waals surface area contributed by atoms with Crippen molar-refractivity contribution >= 4 is 29.5 Å². The summed E-state index contributed by atoms with van der Waals surface area (Å²) >= 11 is 1.84. The molecule has 0 spiro atoms. The Balaban J connectivity index is 1.66. The lowest BCUT2D eigenvalue weighted by Crippen LogP contribution is -2.53. The van der Waals surface area contributed by atoms with Gasteiger partial charge in [0.2, 0.25) is 11.8 Å². The van der Waals surface area contributed by atoms with Gasteiger partial charge in [0.25, 0.3) is 0 Å². The predicted octanol–water partition coefficient (Wildman–Crippen LogP) is 3.21. The first-order valence-corrected chi connectivity index (χ1v) is 12.2. The molecule has 0 bridgehead atoms. The van der Waals surface area contributed by atoms with Crippen LogP contribution >= 0.6 is 11.8 Å². The van der Waals surface area contributed by atoms with Crippen molar-refractivity contribution in [2.45, 2.75) is 45.1 Å². The molecule has 2 aliphatic heterocycles. The number of likely N-dealkylation sites (tertiary alicyclic amines) is 1. The fraction of sp³-hybridized carbons (Fsp3) is 0.609. The molecule has 2 amide bonds. The summed E-state index contributed by atoms with van der Waals surface area (Å²) in [6.07, 6.45) is 7.32. The molecule has 1 aliphatic carbocycles. The Labute approximate surface area is 187 Å². The van der Waals surface area contributed by atoms with Crippen molar-refractivity contribution in [3.63, 3.8) is 0 Å². The van der Waals surface area contributed by atoms with Crippen molar-refractivity contribution in [1.29, 1.82) is 0 Å². The Morgan fingerprint density at radius 1 is 1.29 bits per heavy atom. The Kier molecular flexibility index (Phi) is 6.74. The van der Waals surface area contributed by atoms with Crippen LogP contribution in [0.3, 0.4) is 0 Å². The predicted molar refractivity (Wildman–Crippen MR) is 117 cm³/mol. The summed E-state index contributed by atoms with van der Waals surface area (Å²) < 4.78 is 10.8. The number of rotatable bonds is 5.